The number of benzene rings is 1. The smallest absolute Gasteiger partial charge is 0.324 e. The molecule has 0 aliphatic heterocycles. The largest absolute Gasteiger partial charge is 0.382 e. The van der Waals surface area contributed by atoms with Gasteiger partial charge in [0.05, 0.1) is 17.1 Å². The number of azo groups is 1. The van der Waals surface area contributed by atoms with Gasteiger partial charge in [0.15, 0.2) is 11.5 Å². The average molecular weight is 498 g/mol. The van der Waals surface area contributed by atoms with Crippen molar-refractivity contribution in [3.05, 3.63) is 47.3 Å². The number of hydrogen-bond donors (Lipinski definition) is 1. The third kappa shape index (κ3) is 4.82. The molecule has 0 aliphatic carbocycles. The van der Waals surface area contributed by atoms with Gasteiger partial charge in [-0.3, -0.25) is 0 Å². The Morgan fingerprint density at radius 1 is 0.971 bits per heavy atom. The van der Waals surface area contributed by atoms with Crippen molar-refractivity contribution in [3.63, 3.8) is 0 Å². The van der Waals surface area contributed by atoms with E-state index in [1.807, 2.05) is 71.9 Å². The Morgan fingerprint density at radius 3 is 2.03 bits per heavy atom. The molecule has 0 saturated heterocycles. The molecule has 3 rings (SSSR count). The highest BCUT2D eigenvalue weighted by Crippen LogP contribution is 2.39. The second-order valence-corrected chi connectivity index (χ2v) is 12.3. The van der Waals surface area contributed by atoms with Crippen LogP contribution < -0.4 is 5.73 Å². The fraction of sp³-hybridized carbons (Fsp3) is 0.435. The van der Waals surface area contributed by atoms with Crippen LogP contribution in [0.3, 0.4) is 0 Å². The van der Waals surface area contributed by atoms with Crippen molar-refractivity contribution in [1.82, 2.24) is 23.3 Å². The summed E-state index contributed by atoms with van der Waals surface area (Å²) in [5.41, 5.74) is 7.30. The number of anilines is 1. The molecular formula is C23H31N9O2S. The molecular weight excluding hydrogens is 466 g/mol. The second-order valence-electron chi connectivity index (χ2n) is 10.3. The van der Waals surface area contributed by atoms with Crippen LogP contribution in [0.1, 0.15) is 58.5 Å². The summed E-state index contributed by atoms with van der Waals surface area (Å²) in [7, 11) is -1.34. The lowest BCUT2D eigenvalue weighted by Crippen LogP contribution is -2.30. The molecule has 2 heterocycles. The Morgan fingerprint density at radius 2 is 1.54 bits per heavy atom. The van der Waals surface area contributed by atoms with Crippen molar-refractivity contribution in [2.24, 2.45) is 10.2 Å². The monoisotopic (exact) mass is 497 g/mol. The molecule has 186 valence electrons. The Kier molecular flexibility index (Phi) is 6.63. The maximum absolute atomic E-state index is 13.0. The van der Waals surface area contributed by atoms with Gasteiger partial charge < -0.3 is 5.73 Å². The molecule has 0 aliphatic rings. The lowest BCUT2D eigenvalue weighted by atomic mass is 9.90. The third-order valence-electron chi connectivity index (χ3n) is 5.19. The summed E-state index contributed by atoms with van der Waals surface area (Å²) in [6, 6.07) is 11.4. The van der Waals surface area contributed by atoms with Gasteiger partial charge in [-0.25, -0.2) is 4.68 Å². The Bertz CT molecular complexity index is 1410. The van der Waals surface area contributed by atoms with Crippen molar-refractivity contribution in [2.45, 2.75) is 52.4 Å². The van der Waals surface area contributed by atoms with E-state index in [1.165, 1.54) is 14.1 Å². The minimum absolute atomic E-state index is 0.0259. The summed E-state index contributed by atoms with van der Waals surface area (Å²) in [6.07, 6.45) is 0. The number of nitrogens with zero attached hydrogens (tertiary/aromatic N) is 8. The first kappa shape index (κ1) is 26.1. The topological polar surface area (TPSA) is 148 Å². The van der Waals surface area contributed by atoms with Crippen LogP contribution in [0.4, 0.5) is 17.3 Å². The average Bonchev–Trinajstić information content (AvgIpc) is 3.30. The van der Waals surface area contributed by atoms with E-state index >= 15 is 0 Å². The van der Waals surface area contributed by atoms with E-state index in [0.717, 1.165) is 14.1 Å². The highest BCUT2D eigenvalue weighted by atomic mass is 32.2. The van der Waals surface area contributed by atoms with Gasteiger partial charge in [-0.15, -0.1) is 14.3 Å². The molecule has 0 radical (unpaired) electrons. The maximum atomic E-state index is 13.0. The zero-order chi connectivity index (χ0) is 26.3. The standard InChI is InChI=1S/C23H31N9O2S/c1-22(2,3)18-16(14-24)21(32(29-18)35(33,34)30(7)8)27-26-17-19(23(4,5)6)28-31(20(17)25)15-12-10-9-11-13-15/h9-13H,25H2,1-8H3. The van der Waals surface area contributed by atoms with Gasteiger partial charge in [0.25, 0.3) is 0 Å². The predicted octanol–water partition coefficient (Wildman–Crippen LogP) is 4.19. The molecule has 1 aromatic carbocycles. The van der Waals surface area contributed by atoms with E-state index in [1.54, 1.807) is 4.68 Å². The van der Waals surface area contributed by atoms with Gasteiger partial charge in [0, 0.05) is 24.9 Å². The van der Waals surface area contributed by atoms with Crippen molar-refractivity contribution in [3.8, 4) is 11.8 Å². The molecule has 12 heteroatoms. The Hall–Kier alpha value is -3.56. The van der Waals surface area contributed by atoms with Crippen LogP contribution >= 0.6 is 0 Å². The minimum Gasteiger partial charge on any atom is -0.382 e. The maximum Gasteiger partial charge on any atom is 0.324 e. The van der Waals surface area contributed by atoms with Gasteiger partial charge in [0.2, 0.25) is 5.82 Å². The quantitative estimate of drug-likeness (QED) is 0.523. The Labute approximate surface area is 206 Å². The van der Waals surface area contributed by atoms with Crippen LogP contribution in [0.5, 0.6) is 0 Å². The van der Waals surface area contributed by atoms with Gasteiger partial charge in [0.1, 0.15) is 11.6 Å². The van der Waals surface area contributed by atoms with Crippen molar-refractivity contribution in [2.75, 3.05) is 19.8 Å². The molecule has 3 aromatic rings. The number of nitrogen functional groups attached to an aromatic ring is 1. The van der Waals surface area contributed by atoms with E-state index in [2.05, 4.69) is 26.5 Å². The van der Waals surface area contributed by atoms with E-state index in [9.17, 15) is 13.7 Å². The van der Waals surface area contributed by atoms with Crippen molar-refractivity contribution in [1.29, 1.82) is 5.26 Å². The number of hydrogen-bond acceptors (Lipinski definition) is 8. The van der Waals surface area contributed by atoms with Gasteiger partial charge >= 0.3 is 10.2 Å². The summed E-state index contributed by atoms with van der Waals surface area (Å²) in [4.78, 5) is 0. The number of nitriles is 1. The molecule has 0 amide bonds. The first-order valence-electron chi connectivity index (χ1n) is 10.9. The minimum atomic E-state index is -4.09. The summed E-state index contributed by atoms with van der Waals surface area (Å²) in [6.45, 7) is 11.4. The van der Waals surface area contributed by atoms with Gasteiger partial charge in [-0.1, -0.05) is 59.7 Å². The molecule has 0 atom stereocenters. The fourth-order valence-electron chi connectivity index (χ4n) is 3.31. The van der Waals surface area contributed by atoms with Crippen LogP contribution in [0.25, 0.3) is 5.69 Å². The lowest BCUT2D eigenvalue weighted by Gasteiger charge is -2.15. The second kappa shape index (κ2) is 8.90. The molecule has 0 saturated carbocycles. The van der Waals surface area contributed by atoms with Gasteiger partial charge in [-0.05, 0) is 12.1 Å². The molecule has 0 bridgehead atoms. The summed E-state index contributed by atoms with van der Waals surface area (Å²) >= 11 is 0. The van der Waals surface area contributed by atoms with E-state index in [4.69, 9.17) is 5.73 Å². The Balaban J connectivity index is 2.31. The first-order chi connectivity index (χ1) is 16.1. The molecule has 0 fully saturated rings. The predicted molar refractivity (Wildman–Crippen MR) is 134 cm³/mol. The molecule has 0 spiro atoms. The SMILES string of the molecule is CN(C)S(=O)(=O)n1nc(C(C)(C)C)c(C#N)c1N=Nc1c(C(C)(C)C)nn(-c2ccccc2)c1N. The molecule has 11 nitrogen and oxygen atoms in total. The zero-order valence-electron chi connectivity index (χ0n) is 21.3. The molecule has 0 unspecified atom stereocenters. The van der Waals surface area contributed by atoms with Crippen LogP contribution in [-0.2, 0) is 21.0 Å². The number of nitrogens with two attached hydrogens (primary N) is 1. The van der Waals surface area contributed by atoms with E-state index < -0.39 is 21.0 Å². The van der Waals surface area contributed by atoms with Crippen LogP contribution in [0.2, 0.25) is 0 Å². The zero-order valence-corrected chi connectivity index (χ0v) is 22.1. The molecule has 35 heavy (non-hydrogen) atoms. The lowest BCUT2D eigenvalue weighted by molar-refractivity contribution is 0.499. The van der Waals surface area contributed by atoms with E-state index in [-0.39, 0.29) is 22.9 Å². The summed E-state index contributed by atoms with van der Waals surface area (Å²) in [5, 5.41) is 27.4. The molecule has 2 N–H and O–H groups in total. The van der Waals surface area contributed by atoms with Gasteiger partial charge in [-0.2, -0.15) is 28.2 Å². The first-order valence-corrected chi connectivity index (χ1v) is 12.3. The number of aromatic nitrogens is 4. The van der Waals surface area contributed by atoms with Crippen molar-refractivity contribution < 1.29 is 8.42 Å². The highest BCUT2D eigenvalue weighted by molar-refractivity contribution is 7.87. The third-order valence-corrected chi connectivity index (χ3v) is 6.80. The fourth-order valence-corrected chi connectivity index (χ4v) is 4.15. The number of para-hydroxylation sites is 1. The summed E-state index contributed by atoms with van der Waals surface area (Å²) < 4.78 is 29.4. The van der Waals surface area contributed by atoms with Crippen LogP contribution in [0, 0.1) is 11.3 Å². The van der Waals surface area contributed by atoms with E-state index in [0.29, 0.717) is 11.4 Å². The highest BCUT2D eigenvalue weighted by Gasteiger charge is 2.33. The van der Waals surface area contributed by atoms with Crippen molar-refractivity contribution >= 4 is 27.5 Å². The van der Waals surface area contributed by atoms with Crippen LogP contribution in [-0.4, -0.2) is 45.8 Å². The normalized spacial score (nSPS) is 13.0. The van der Waals surface area contributed by atoms with Crippen LogP contribution in [0.15, 0.2) is 40.6 Å². The molecule has 2 aromatic heterocycles. The number of rotatable bonds is 5. The summed E-state index contributed by atoms with van der Waals surface area (Å²) in [5.74, 6) is 0.0406.